The molecule has 0 bridgehead atoms. The summed E-state index contributed by atoms with van der Waals surface area (Å²) in [6.07, 6.45) is 1.11. The minimum absolute atomic E-state index is 0.295. The first-order valence-electron chi connectivity index (χ1n) is 6.44. The van der Waals surface area contributed by atoms with Gasteiger partial charge < -0.3 is 5.73 Å². The van der Waals surface area contributed by atoms with Crippen LogP contribution in [-0.2, 0) is 12.0 Å². The molecular formula is C16H16Cl2FN. The standard InChI is InChI=1S/C16H16Cl2FN/c1-2-16(20,11-5-3-6-12(19)9-11)10-13-14(17)7-4-8-15(13)18/h3-9H,2,10,20H2,1H3. The topological polar surface area (TPSA) is 26.0 Å². The number of halogens is 3. The lowest BCUT2D eigenvalue weighted by atomic mass is 9.82. The van der Waals surface area contributed by atoms with Crippen LogP contribution < -0.4 is 5.73 Å². The summed E-state index contributed by atoms with van der Waals surface area (Å²) in [7, 11) is 0. The Morgan fingerprint density at radius 2 is 1.70 bits per heavy atom. The van der Waals surface area contributed by atoms with Gasteiger partial charge in [-0.05, 0) is 48.2 Å². The molecule has 2 aromatic rings. The van der Waals surface area contributed by atoms with E-state index in [2.05, 4.69) is 0 Å². The van der Waals surface area contributed by atoms with Gasteiger partial charge in [-0.3, -0.25) is 0 Å². The maximum absolute atomic E-state index is 13.4. The van der Waals surface area contributed by atoms with E-state index in [9.17, 15) is 4.39 Å². The Hall–Kier alpha value is -1.09. The molecule has 2 aromatic carbocycles. The van der Waals surface area contributed by atoms with E-state index in [1.165, 1.54) is 12.1 Å². The van der Waals surface area contributed by atoms with Crippen LogP contribution in [0.4, 0.5) is 4.39 Å². The molecule has 0 aromatic heterocycles. The lowest BCUT2D eigenvalue weighted by Crippen LogP contribution is -2.38. The molecule has 1 unspecified atom stereocenters. The normalized spacial score (nSPS) is 14.1. The molecule has 0 heterocycles. The van der Waals surface area contributed by atoms with E-state index >= 15 is 0 Å². The van der Waals surface area contributed by atoms with E-state index in [0.717, 1.165) is 11.1 Å². The quantitative estimate of drug-likeness (QED) is 0.850. The predicted octanol–water partition coefficient (Wildman–Crippen LogP) is 4.94. The van der Waals surface area contributed by atoms with Gasteiger partial charge in [0.1, 0.15) is 5.82 Å². The van der Waals surface area contributed by atoms with Crippen molar-refractivity contribution < 1.29 is 4.39 Å². The molecule has 4 heteroatoms. The first-order chi connectivity index (χ1) is 9.46. The second-order valence-electron chi connectivity index (χ2n) is 4.90. The molecule has 0 spiro atoms. The zero-order valence-electron chi connectivity index (χ0n) is 11.2. The van der Waals surface area contributed by atoms with E-state index in [4.69, 9.17) is 28.9 Å². The van der Waals surface area contributed by atoms with Crippen LogP contribution >= 0.6 is 23.2 Å². The van der Waals surface area contributed by atoms with Crippen molar-refractivity contribution in [3.63, 3.8) is 0 Å². The molecular weight excluding hydrogens is 296 g/mol. The Bertz CT molecular complexity index is 595. The largest absolute Gasteiger partial charge is 0.321 e. The zero-order chi connectivity index (χ0) is 14.8. The summed E-state index contributed by atoms with van der Waals surface area (Å²) in [6.45, 7) is 1.97. The van der Waals surface area contributed by atoms with Crippen molar-refractivity contribution in [3.8, 4) is 0 Å². The summed E-state index contributed by atoms with van der Waals surface area (Å²) < 4.78 is 13.4. The van der Waals surface area contributed by atoms with Crippen molar-refractivity contribution in [2.24, 2.45) is 5.73 Å². The molecule has 0 fully saturated rings. The minimum atomic E-state index is -0.698. The molecule has 0 saturated heterocycles. The highest BCUT2D eigenvalue weighted by Crippen LogP contribution is 2.33. The van der Waals surface area contributed by atoms with Gasteiger partial charge in [-0.15, -0.1) is 0 Å². The van der Waals surface area contributed by atoms with E-state index in [1.807, 2.05) is 13.0 Å². The molecule has 0 saturated carbocycles. The van der Waals surface area contributed by atoms with Gasteiger partial charge in [0.2, 0.25) is 0 Å². The van der Waals surface area contributed by atoms with Crippen molar-refractivity contribution in [3.05, 3.63) is 69.5 Å². The van der Waals surface area contributed by atoms with Crippen LogP contribution in [0.15, 0.2) is 42.5 Å². The number of rotatable bonds is 4. The Morgan fingerprint density at radius 3 is 2.25 bits per heavy atom. The molecule has 0 amide bonds. The Morgan fingerprint density at radius 1 is 1.10 bits per heavy atom. The van der Waals surface area contributed by atoms with Crippen LogP contribution in [0.3, 0.4) is 0 Å². The summed E-state index contributed by atoms with van der Waals surface area (Å²) in [5.74, 6) is -0.295. The number of nitrogens with two attached hydrogens (primary N) is 1. The first kappa shape index (κ1) is 15.3. The Kier molecular flexibility index (Phi) is 4.69. The highest BCUT2D eigenvalue weighted by molar-refractivity contribution is 6.36. The molecule has 0 aliphatic heterocycles. The molecule has 1 nitrogen and oxygen atoms in total. The molecule has 0 radical (unpaired) electrons. The van der Waals surface area contributed by atoms with Gasteiger partial charge in [-0.25, -0.2) is 4.39 Å². The van der Waals surface area contributed by atoms with Crippen LogP contribution in [0.1, 0.15) is 24.5 Å². The average Bonchev–Trinajstić information content (AvgIpc) is 2.43. The second-order valence-corrected chi connectivity index (χ2v) is 5.71. The van der Waals surface area contributed by atoms with Crippen molar-refractivity contribution in [2.45, 2.75) is 25.3 Å². The fourth-order valence-corrected chi connectivity index (χ4v) is 2.78. The van der Waals surface area contributed by atoms with Crippen LogP contribution in [0.25, 0.3) is 0 Å². The van der Waals surface area contributed by atoms with E-state index in [0.29, 0.717) is 22.9 Å². The monoisotopic (exact) mass is 311 g/mol. The van der Waals surface area contributed by atoms with Crippen molar-refractivity contribution in [2.75, 3.05) is 0 Å². The molecule has 0 aliphatic carbocycles. The van der Waals surface area contributed by atoms with Crippen molar-refractivity contribution >= 4 is 23.2 Å². The van der Waals surface area contributed by atoms with Gasteiger partial charge in [0.25, 0.3) is 0 Å². The molecule has 2 rings (SSSR count). The molecule has 0 aliphatic rings. The summed E-state index contributed by atoms with van der Waals surface area (Å²) >= 11 is 12.4. The highest BCUT2D eigenvalue weighted by Gasteiger charge is 2.28. The van der Waals surface area contributed by atoms with Gasteiger partial charge in [0, 0.05) is 15.6 Å². The second kappa shape index (κ2) is 6.13. The smallest absolute Gasteiger partial charge is 0.123 e. The van der Waals surface area contributed by atoms with Crippen LogP contribution in [0.5, 0.6) is 0 Å². The highest BCUT2D eigenvalue weighted by atomic mass is 35.5. The van der Waals surface area contributed by atoms with Crippen LogP contribution in [-0.4, -0.2) is 0 Å². The van der Waals surface area contributed by atoms with Gasteiger partial charge in [0.05, 0.1) is 0 Å². The molecule has 106 valence electrons. The third-order valence-electron chi connectivity index (χ3n) is 3.58. The third kappa shape index (κ3) is 3.14. The summed E-state index contributed by atoms with van der Waals surface area (Å²) in [5, 5.41) is 1.16. The zero-order valence-corrected chi connectivity index (χ0v) is 12.7. The predicted molar refractivity (Wildman–Crippen MR) is 82.7 cm³/mol. The maximum atomic E-state index is 13.4. The lowest BCUT2D eigenvalue weighted by Gasteiger charge is -2.30. The van der Waals surface area contributed by atoms with Crippen molar-refractivity contribution in [1.29, 1.82) is 0 Å². The van der Waals surface area contributed by atoms with Gasteiger partial charge >= 0.3 is 0 Å². The Balaban J connectivity index is 2.42. The minimum Gasteiger partial charge on any atom is -0.321 e. The van der Waals surface area contributed by atoms with E-state index in [1.54, 1.807) is 24.3 Å². The number of hydrogen-bond donors (Lipinski definition) is 1. The van der Waals surface area contributed by atoms with Gasteiger partial charge in [-0.2, -0.15) is 0 Å². The van der Waals surface area contributed by atoms with Gasteiger partial charge in [0.15, 0.2) is 0 Å². The molecule has 1 atom stereocenters. The summed E-state index contributed by atoms with van der Waals surface area (Å²) in [4.78, 5) is 0. The first-order valence-corrected chi connectivity index (χ1v) is 7.19. The number of hydrogen-bond acceptors (Lipinski definition) is 1. The van der Waals surface area contributed by atoms with E-state index < -0.39 is 5.54 Å². The third-order valence-corrected chi connectivity index (χ3v) is 4.29. The van der Waals surface area contributed by atoms with Gasteiger partial charge in [-0.1, -0.05) is 48.3 Å². The summed E-state index contributed by atoms with van der Waals surface area (Å²) in [5.41, 5.74) is 7.32. The van der Waals surface area contributed by atoms with Crippen LogP contribution in [0, 0.1) is 5.82 Å². The lowest BCUT2D eigenvalue weighted by molar-refractivity contribution is 0.422. The SMILES string of the molecule is CCC(N)(Cc1c(Cl)cccc1Cl)c1cccc(F)c1. The number of benzene rings is 2. The van der Waals surface area contributed by atoms with Crippen molar-refractivity contribution in [1.82, 2.24) is 0 Å². The summed E-state index contributed by atoms with van der Waals surface area (Å²) in [6, 6.07) is 11.7. The Labute approximate surface area is 128 Å². The molecule has 2 N–H and O–H groups in total. The molecule has 20 heavy (non-hydrogen) atoms. The fourth-order valence-electron chi connectivity index (χ4n) is 2.25. The fraction of sp³-hybridized carbons (Fsp3) is 0.250. The van der Waals surface area contributed by atoms with Crippen LogP contribution in [0.2, 0.25) is 10.0 Å². The maximum Gasteiger partial charge on any atom is 0.123 e. The average molecular weight is 312 g/mol. The van der Waals surface area contributed by atoms with E-state index in [-0.39, 0.29) is 5.82 Å².